The van der Waals surface area contributed by atoms with E-state index >= 15 is 0 Å². The second-order valence-electron chi connectivity index (χ2n) is 5.43. The number of rotatable bonds is 4. The number of hydrogen-bond donors (Lipinski definition) is 1. The summed E-state index contributed by atoms with van der Waals surface area (Å²) in [6.45, 7) is -0.888. The molecule has 0 aliphatic carbocycles. The van der Waals surface area contributed by atoms with Crippen molar-refractivity contribution in [3.8, 4) is 16.9 Å². The number of aryl methyl sites for hydroxylation is 1. The third kappa shape index (κ3) is 3.69. The minimum Gasteiger partial charge on any atom is -0.406 e. The van der Waals surface area contributed by atoms with Crippen LogP contribution in [0.25, 0.3) is 11.1 Å². The Balaban J connectivity index is 1.85. The van der Waals surface area contributed by atoms with Gasteiger partial charge in [0.05, 0.1) is 11.9 Å². The lowest BCUT2D eigenvalue weighted by Crippen LogP contribution is -2.17. The zero-order valence-corrected chi connectivity index (χ0v) is 13.7. The van der Waals surface area contributed by atoms with E-state index in [-0.39, 0.29) is 22.7 Å². The first kappa shape index (κ1) is 17.5. The van der Waals surface area contributed by atoms with Crippen LogP contribution in [-0.4, -0.2) is 15.9 Å². The maximum atomic E-state index is 14.1. The van der Waals surface area contributed by atoms with Crippen LogP contribution in [-0.2, 0) is 13.7 Å². The fourth-order valence-corrected chi connectivity index (χ4v) is 2.46. The highest BCUT2D eigenvalue weighted by molar-refractivity contribution is 5.92. The summed E-state index contributed by atoms with van der Waals surface area (Å²) in [6, 6.07) is 9.55. The number of ether oxygens (including phenoxy) is 1. The molecule has 0 aliphatic heterocycles. The summed E-state index contributed by atoms with van der Waals surface area (Å²) in [5.74, 6) is -1.48. The lowest BCUT2D eigenvalue weighted by Gasteiger charge is -2.12. The van der Waals surface area contributed by atoms with Crippen LogP contribution in [0.1, 0.15) is 5.69 Å². The highest BCUT2D eigenvalue weighted by atomic mass is 19.1. The lowest BCUT2D eigenvalue weighted by atomic mass is 10.0. The molecule has 0 radical (unpaired) electrons. The summed E-state index contributed by atoms with van der Waals surface area (Å²) in [7, 11) is 1.57. The molecular formula is C18H14F3N3O2. The van der Waals surface area contributed by atoms with Gasteiger partial charge in [-0.15, -0.1) is 0 Å². The molecule has 0 saturated heterocycles. The summed E-state index contributed by atoms with van der Waals surface area (Å²) >= 11 is 0. The SMILES string of the molecule is Cn1cc(OC(=O)Nc2ccccc2-c2ccc(F)cc2F)c(CF)n1. The highest BCUT2D eigenvalue weighted by Crippen LogP contribution is 2.30. The molecule has 1 aromatic heterocycles. The van der Waals surface area contributed by atoms with Gasteiger partial charge in [-0.1, -0.05) is 18.2 Å². The van der Waals surface area contributed by atoms with Crippen LogP contribution >= 0.6 is 0 Å². The van der Waals surface area contributed by atoms with E-state index in [1.54, 1.807) is 31.3 Å². The van der Waals surface area contributed by atoms with Crippen molar-refractivity contribution in [3.05, 3.63) is 66.0 Å². The van der Waals surface area contributed by atoms with Gasteiger partial charge in [0, 0.05) is 24.2 Å². The predicted molar refractivity (Wildman–Crippen MR) is 89.5 cm³/mol. The minimum absolute atomic E-state index is 0.0134. The Morgan fingerprint density at radius 2 is 1.96 bits per heavy atom. The molecule has 0 atom stereocenters. The lowest BCUT2D eigenvalue weighted by molar-refractivity contribution is 0.214. The number of halogens is 3. The number of anilines is 1. The first-order valence-corrected chi connectivity index (χ1v) is 7.59. The van der Waals surface area contributed by atoms with Crippen LogP contribution in [0.5, 0.6) is 5.75 Å². The van der Waals surface area contributed by atoms with Crippen molar-refractivity contribution in [3.63, 3.8) is 0 Å². The summed E-state index contributed by atoms with van der Waals surface area (Å²) in [5.41, 5.74) is 0.709. The van der Waals surface area contributed by atoms with Crippen LogP contribution in [0.3, 0.4) is 0 Å². The Labute approximate surface area is 147 Å². The Kier molecular flexibility index (Phi) is 4.92. The normalized spacial score (nSPS) is 10.6. The van der Waals surface area contributed by atoms with Gasteiger partial charge in [0.25, 0.3) is 0 Å². The molecule has 3 aromatic rings. The molecule has 134 valence electrons. The number of para-hydroxylation sites is 1. The van der Waals surface area contributed by atoms with Gasteiger partial charge in [-0.05, 0) is 18.2 Å². The standard InChI is InChI=1S/C18H14F3N3O2/c1-24-10-17(16(9-19)23-24)26-18(25)22-15-5-3-2-4-13(15)12-7-6-11(20)8-14(12)21/h2-8,10H,9H2,1H3,(H,22,25). The van der Waals surface area contributed by atoms with Gasteiger partial charge in [-0.3, -0.25) is 10.00 Å². The van der Waals surface area contributed by atoms with E-state index in [1.807, 2.05) is 0 Å². The molecule has 3 rings (SSSR count). The Bertz CT molecular complexity index is 957. The molecule has 8 heteroatoms. The van der Waals surface area contributed by atoms with Crippen molar-refractivity contribution in [2.24, 2.45) is 7.05 Å². The molecule has 0 bridgehead atoms. The summed E-state index contributed by atoms with van der Waals surface area (Å²) in [5, 5.41) is 6.30. The summed E-state index contributed by atoms with van der Waals surface area (Å²) < 4.78 is 46.5. The van der Waals surface area contributed by atoms with Gasteiger partial charge < -0.3 is 4.74 Å². The second kappa shape index (κ2) is 7.30. The molecule has 2 aromatic carbocycles. The van der Waals surface area contributed by atoms with Crippen molar-refractivity contribution in [2.45, 2.75) is 6.67 Å². The number of aromatic nitrogens is 2. The van der Waals surface area contributed by atoms with E-state index < -0.39 is 24.4 Å². The third-order valence-corrected chi connectivity index (χ3v) is 3.58. The Hall–Kier alpha value is -3.29. The van der Waals surface area contributed by atoms with Gasteiger partial charge in [0.15, 0.2) is 5.75 Å². The zero-order valence-electron chi connectivity index (χ0n) is 13.7. The van der Waals surface area contributed by atoms with Crippen LogP contribution in [0, 0.1) is 11.6 Å². The van der Waals surface area contributed by atoms with Gasteiger partial charge in [-0.2, -0.15) is 5.10 Å². The van der Waals surface area contributed by atoms with E-state index in [4.69, 9.17) is 4.74 Å². The van der Waals surface area contributed by atoms with Crippen LogP contribution < -0.4 is 10.1 Å². The first-order valence-electron chi connectivity index (χ1n) is 7.59. The van der Waals surface area contributed by atoms with Crippen molar-refractivity contribution in [1.29, 1.82) is 0 Å². The highest BCUT2D eigenvalue weighted by Gasteiger charge is 2.16. The monoisotopic (exact) mass is 361 g/mol. The fraction of sp³-hybridized carbons (Fsp3) is 0.111. The van der Waals surface area contributed by atoms with Gasteiger partial charge >= 0.3 is 6.09 Å². The smallest absolute Gasteiger partial charge is 0.406 e. The minimum atomic E-state index is -0.888. The Morgan fingerprint density at radius 1 is 1.19 bits per heavy atom. The molecule has 0 unspecified atom stereocenters. The van der Waals surface area contributed by atoms with Crippen molar-refractivity contribution < 1.29 is 22.7 Å². The number of nitrogens with one attached hydrogen (secondary N) is 1. The molecule has 0 aliphatic rings. The molecule has 1 amide bonds. The second-order valence-corrected chi connectivity index (χ2v) is 5.43. The van der Waals surface area contributed by atoms with Gasteiger partial charge in [-0.25, -0.2) is 18.0 Å². The molecule has 1 N–H and O–H groups in total. The maximum Gasteiger partial charge on any atom is 0.417 e. The van der Waals surface area contributed by atoms with Crippen molar-refractivity contribution in [2.75, 3.05) is 5.32 Å². The van der Waals surface area contributed by atoms with Crippen LogP contribution in [0.15, 0.2) is 48.7 Å². The number of benzene rings is 2. The van der Waals surface area contributed by atoms with Crippen LogP contribution in [0.4, 0.5) is 23.7 Å². The van der Waals surface area contributed by atoms with E-state index in [9.17, 15) is 18.0 Å². The average Bonchev–Trinajstić information content (AvgIpc) is 2.95. The number of alkyl halides is 1. The number of nitrogens with zero attached hydrogens (tertiary/aromatic N) is 2. The molecular weight excluding hydrogens is 347 g/mol. The van der Waals surface area contributed by atoms with Gasteiger partial charge in [0.2, 0.25) is 0 Å². The fourth-order valence-electron chi connectivity index (χ4n) is 2.46. The zero-order chi connectivity index (χ0) is 18.7. The molecule has 0 saturated carbocycles. The number of amides is 1. The predicted octanol–water partition coefficient (Wildman–Crippen LogP) is 4.45. The van der Waals surface area contributed by atoms with E-state index in [2.05, 4.69) is 10.4 Å². The molecule has 1 heterocycles. The van der Waals surface area contributed by atoms with Crippen LogP contribution in [0.2, 0.25) is 0 Å². The summed E-state index contributed by atoms with van der Waals surface area (Å²) in [6.07, 6.45) is 0.475. The average molecular weight is 361 g/mol. The summed E-state index contributed by atoms with van der Waals surface area (Å²) in [4.78, 5) is 12.1. The Morgan fingerprint density at radius 3 is 2.69 bits per heavy atom. The molecule has 0 fully saturated rings. The molecule has 5 nitrogen and oxygen atoms in total. The van der Waals surface area contributed by atoms with Crippen molar-refractivity contribution in [1.82, 2.24) is 9.78 Å². The van der Waals surface area contributed by atoms with Gasteiger partial charge in [0.1, 0.15) is 24.0 Å². The van der Waals surface area contributed by atoms with E-state index in [0.717, 1.165) is 12.1 Å². The number of hydrogen-bond acceptors (Lipinski definition) is 3. The topological polar surface area (TPSA) is 56.1 Å². The van der Waals surface area contributed by atoms with E-state index in [1.165, 1.54) is 16.9 Å². The largest absolute Gasteiger partial charge is 0.417 e. The third-order valence-electron chi connectivity index (χ3n) is 3.58. The maximum absolute atomic E-state index is 14.1. The first-order chi connectivity index (χ1) is 12.5. The number of carbonyl (C=O) groups is 1. The van der Waals surface area contributed by atoms with E-state index in [0.29, 0.717) is 5.56 Å². The quantitative estimate of drug-likeness (QED) is 0.747. The number of carbonyl (C=O) groups excluding carboxylic acids is 1. The molecule has 26 heavy (non-hydrogen) atoms. The van der Waals surface area contributed by atoms with Crippen molar-refractivity contribution >= 4 is 11.8 Å². The molecule has 0 spiro atoms.